The molecule has 0 radical (unpaired) electrons. The average molecular weight is 359 g/mol. The Hall–Kier alpha value is -3.93. The lowest BCUT2D eigenvalue weighted by molar-refractivity contribution is -0.384. The van der Waals surface area contributed by atoms with Gasteiger partial charge in [-0.2, -0.15) is 0 Å². The highest BCUT2D eigenvalue weighted by atomic mass is 16.6. The molecule has 6 heteroatoms. The molecule has 0 fully saturated rings. The highest BCUT2D eigenvalue weighted by Crippen LogP contribution is 2.27. The molecule has 3 N–H and O–H groups in total. The third-order valence-corrected chi connectivity index (χ3v) is 3.90. The Bertz CT molecular complexity index is 1010. The van der Waals surface area contributed by atoms with Gasteiger partial charge in [-0.25, -0.2) is 0 Å². The molecule has 0 aliphatic carbocycles. The SMILES string of the molecule is Nc1cc([N+](=O)[O-])ccc1Nc1cccc(/C=C/C(=O)c2ccccc2)c1. The zero-order valence-electron chi connectivity index (χ0n) is 14.3. The summed E-state index contributed by atoms with van der Waals surface area (Å²) in [7, 11) is 0. The number of nitrogens with zero attached hydrogens (tertiary/aromatic N) is 1. The normalized spacial score (nSPS) is 10.7. The number of carbonyl (C=O) groups excluding carboxylic acids is 1. The molecule has 0 aromatic heterocycles. The Morgan fingerprint density at radius 3 is 2.48 bits per heavy atom. The van der Waals surface area contributed by atoms with Gasteiger partial charge in [-0.05, 0) is 29.8 Å². The van der Waals surface area contributed by atoms with Gasteiger partial charge in [0.05, 0.1) is 16.3 Å². The lowest BCUT2D eigenvalue weighted by atomic mass is 10.1. The van der Waals surface area contributed by atoms with Gasteiger partial charge < -0.3 is 11.1 Å². The fourth-order valence-corrected chi connectivity index (χ4v) is 2.52. The van der Waals surface area contributed by atoms with Gasteiger partial charge in [0.15, 0.2) is 5.78 Å². The van der Waals surface area contributed by atoms with Crippen molar-refractivity contribution in [2.75, 3.05) is 11.1 Å². The summed E-state index contributed by atoms with van der Waals surface area (Å²) in [6.07, 6.45) is 3.26. The minimum absolute atomic E-state index is 0.0610. The first-order chi connectivity index (χ1) is 13.0. The molecule has 0 bridgehead atoms. The maximum absolute atomic E-state index is 12.2. The van der Waals surface area contributed by atoms with E-state index in [0.717, 1.165) is 11.3 Å². The molecule has 0 amide bonds. The molecule has 0 saturated carbocycles. The smallest absolute Gasteiger partial charge is 0.271 e. The van der Waals surface area contributed by atoms with Gasteiger partial charge >= 0.3 is 0 Å². The summed E-state index contributed by atoms with van der Waals surface area (Å²) in [5.74, 6) is -0.0754. The summed E-state index contributed by atoms with van der Waals surface area (Å²) in [5.41, 5.74) is 8.89. The topological polar surface area (TPSA) is 98.3 Å². The predicted octanol–water partition coefficient (Wildman–Crippen LogP) is 4.82. The second-order valence-corrected chi connectivity index (χ2v) is 5.84. The van der Waals surface area contributed by atoms with Crippen molar-refractivity contribution in [3.8, 4) is 0 Å². The lowest BCUT2D eigenvalue weighted by Crippen LogP contribution is -1.98. The molecule has 0 aliphatic heterocycles. The van der Waals surface area contributed by atoms with Crippen molar-refractivity contribution < 1.29 is 9.72 Å². The molecule has 3 rings (SSSR count). The van der Waals surface area contributed by atoms with Gasteiger partial charge in [-0.3, -0.25) is 14.9 Å². The Morgan fingerprint density at radius 1 is 1.00 bits per heavy atom. The van der Waals surface area contributed by atoms with Gasteiger partial charge in [-0.15, -0.1) is 0 Å². The van der Waals surface area contributed by atoms with Crippen LogP contribution in [0.3, 0.4) is 0 Å². The average Bonchev–Trinajstić information content (AvgIpc) is 2.68. The van der Waals surface area contributed by atoms with E-state index < -0.39 is 4.92 Å². The number of hydrogen-bond acceptors (Lipinski definition) is 5. The standard InChI is InChI=1S/C21H17N3O3/c22-19-14-18(24(26)27)10-11-20(19)23-17-8-4-5-15(13-17)9-12-21(25)16-6-2-1-3-7-16/h1-14,23H,22H2/b12-9+. The number of nitrogens with one attached hydrogen (secondary N) is 1. The fourth-order valence-electron chi connectivity index (χ4n) is 2.52. The minimum atomic E-state index is -0.491. The molecule has 27 heavy (non-hydrogen) atoms. The van der Waals surface area contributed by atoms with Crippen molar-refractivity contribution in [1.29, 1.82) is 0 Å². The largest absolute Gasteiger partial charge is 0.397 e. The Balaban J connectivity index is 1.75. The van der Waals surface area contributed by atoms with Crippen LogP contribution in [0.1, 0.15) is 15.9 Å². The van der Waals surface area contributed by atoms with E-state index in [1.807, 2.05) is 42.5 Å². The van der Waals surface area contributed by atoms with Gasteiger partial charge in [0.25, 0.3) is 5.69 Å². The maximum Gasteiger partial charge on any atom is 0.271 e. The zero-order chi connectivity index (χ0) is 19.2. The monoisotopic (exact) mass is 359 g/mol. The van der Waals surface area contributed by atoms with Gasteiger partial charge in [0.1, 0.15) is 0 Å². The second-order valence-electron chi connectivity index (χ2n) is 5.84. The molecule has 3 aromatic carbocycles. The first kappa shape index (κ1) is 17.9. The van der Waals surface area contributed by atoms with E-state index in [4.69, 9.17) is 5.73 Å². The maximum atomic E-state index is 12.2. The van der Waals surface area contributed by atoms with Crippen LogP contribution in [0, 0.1) is 10.1 Å². The molecule has 0 saturated heterocycles. The molecule has 0 spiro atoms. The number of anilines is 3. The third kappa shape index (κ3) is 4.58. The van der Waals surface area contributed by atoms with E-state index in [0.29, 0.717) is 11.3 Å². The van der Waals surface area contributed by atoms with E-state index in [9.17, 15) is 14.9 Å². The highest BCUT2D eigenvalue weighted by Gasteiger charge is 2.09. The number of rotatable bonds is 6. The number of nitrogen functional groups attached to an aromatic ring is 1. The van der Waals surface area contributed by atoms with Crippen LogP contribution in [0.4, 0.5) is 22.7 Å². The van der Waals surface area contributed by atoms with Crippen molar-refractivity contribution in [1.82, 2.24) is 0 Å². The van der Waals surface area contributed by atoms with Crippen LogP contribution in [0.2, 0.25) is 0 Å². The number of hydrogen-bond donors (Lipinski definition) is 2. The number of benzene rings is 3. The number of nitro groups is 1. The van der Waals surface area contributed by atoms with Crippen LogP contribution in [0.5, 0.6) is 0 Å². The molecule has 3 aromatic rings. The van der Waals surface area contributed by atoms with Gasteiger partial charge in [0.2, 0.25) is 0 Å². The third-order valence-electron chi connectivity index (χ3n) is 3.90. The van der Waals surface area contributed by atoms with Crippen molar-refractivity contribution in [3.63, 3.8) is 0 Å². The molecule has 6 nitrogen and oxygen atoms in total. The zero-order valence-corrected chi connectivity index (χ0v) is 14.3. The van der Waals surface area contributed by atoms with E-state index in [1.54, 1.807) is 24.3 Å². The van der Waals surface area contributed by atoms with Gasteiger partial charge in [-0.1, -0.05) is 48.5 Å². The molecule has 0 aliphatic rings. The Morgan fingerprint density at radius 2 is 1.78 bits per heavy atom. The van der Waals surface area contributed by atoms with Crippen molar-refractivity contribution in [2.24, 2.45) is 0 Å². The lowest BCUT2D eigenvalue weighted by Gasteiger charge is -2.09. The van der Waals surface area contributed by atoms with Crippen molar-refractivity contribution in [2.45, 2.75) is 0 Å². The molecular weight excluding hydrogens is 342 g/mol. The fraction of sp³-hybridized carbons (Fsp3) is 0. The Kier molecular flexibility index (Phi) is 5.28. The van der Waals surface area contributed by atoms with Crippen LogP contribution < -0.4 is 11.1 Å². The van der Waals surface area contributed by atoms with Crippen molar-refractivity contribution >= 4 is 34.6 Å². The first-order valence-electron chi connectivity index (χ1n) is 8.21. The number of non-ortho nitro benzene ring substituents is 1. The Labute approximate surface area is 156 Å². The van der Waals surface area contributed by atoms with Crippen LogP contribution in [-0.2, 0) is 0 Å². The van der Waals surface area contributed by atoms with Crippen LogP contribution in [-0.4, -0.2) is 10.7 Å². The summed E-state index contributed by atoms with van der Waals surface area (Å²) >= 11 is 0. The molecule has 0 heterocycles. The molecule has 0 atom stereocenters. The number of allylic oxidation sites excluding steroid dienone is 1. The minimum Gasteiger partial charge on any atom is -0.397 e. The summed E-state index contributed by atoms with van der Waals surface area (Å²) in [5, 5.41) is 13.9. The number of nitro benzene ring substituents is 1. The van der Waals surface area contributed by atoms with E-state index in [2.05, 4.69) is 5.32 Å². The van der Waals surface area contributed by atoms with Gasteiger partial charge in [0, 0.05) is 23.4 Å². The van der Waals surface area contributed by atoms with Crippen LogP contribution in [0.25, 0.3) is 6.08 Å². The summed E-state index contributed by atoms with van der Waals surface area (Å²) in [6.45, 7) is 0. The highest BCUT2D eigenvalue weighted by molar-refractivity contribution is 6.06. The van der Waals surface area contributed by atoms with E-state index in [-0.39, 0.29) is 17.2 Å². The summed E-state index contributed by atoms with van der Waals surface area (Å²) in [4.78, 5) is 22.5. The number of ketones is 1. The van der Waals surface area contributed by atoms with E-state index >= 15 is 0 Å². The molecule has 134 valence electrons. The first-order valence-corrected chi connectivity index (χ1v) is 8.21. The second kappa shape index (κ2) is 7.97. The quantitative estimate of drug-likeness (QED) is 0.216. The van der Waals surface area contributed by atoms with Crippen molar-refractivity contribution in [3.05, 3.63) is 100 Å². The number of nitrogens with two attached hydrogens (primary N) is 1. The van der Waals surface area contributed by atoms with E-state index in [1.165, 1.54) is 18.2 Å². The predicted molar refractivity (Wildman–Crippen MR) is 107 cm³/mol. The van der Waals surface area contributed by atoms with Crippen LogP contribution in [0.15, 0.2) is 78.9 Å². The summed E-state index contributed by atoms with van der Waals surface area (Å²) in [6, 6.07) is 20.7. The number of carbonyl (C=O) groups is 1. The molecule has 0 unspecified atom stereocenters. The summed E-state index contributed by atoms with van der Waals surface area (Å²) < 4.78 is 0. The van der Waals surface area contributed by atoms with Crippen LogP contribution >= 0.6 is 0 Å². The molecular formula is C21H17N3O3.